The molecule has 0 saturated carbocycles. The van der Waals surface area contributed by atoms with Crippen LogP contribution in [0.25, 0.3) is 0 Å². The Morgan fingerprint density at radius 1 is 0.605 bits per heavy atom. The Kier molecular flexibility index (Phi) is 24.1. The first-order chi connectivity index (χ1) is 18.3. The standard InChI is InChI=1S/C32H64N2O4/c1-5-9-11-14-20-28(7-3)37-30(35)22-18-25-32(34,24-16-13-17-27-33)26-19-23-31(36)38-29(8-4)21-15-12-10-6-2/h28-29H,5-27,33-34H2,1-4H3. The van der Waals surface area contributed by atoms with Crippen molar-refractivity contribution in [2.24, 2.45) is 11.5 Å². The highest BCUT2D eigenvalue weighted by Gasteiger charge is 2.25. The minimum Gasteiger partial charge on any atom is -0.462 e. The Morgan fingerprint density at radius 3 is 1.42 bits per heavy atom. The van der Waals surface area contributed by atoms with Crippen LogP contribution in [0.15, 0.2) is 0 Å². The summed E-state index contributed by atoms with van der Waals surface area (Å²) < 4.78 is 11.5. The molecular formula is C32H64N2O4. The van der Waals surface area contributed by atoms with Crippen molar-refractivity contribution in [1.82, 2.24) is 0 Å². The number of ether oxygens (including phenoxy) is 2. The maximum atomic E-state index is 12.5. The van der Waals surface area contributed by atoms with Crippen molar-refractivity contribution in [3.05, 3.63) is 0 Å². The molecule has 2 atom stereocenters. The smallest absolute Gasteiger partial charge is 0.306 e. The fraction of sp³-hybridized carbons (Fsp3) is 0.938. The maximum Gasteiger partial charge on any atom is 0.306 e. The van der Waals surface area contributed by atoms with Crippen molar-refractivity contribution in [3.8, 4) is 0 Å². The van der Waals surface area contributed by atoms with Crippen molar-refractivity contribution in [2.75, 3.05) is 6.54 Å². The second kappa shape index (κ2) is 24.9. The summed E-state index contributed by atoms with van der Waals surface area (Å²) in [4.78, 5) is 25.0. The molecule has 0 rings (SSSR count). The third-order valence-electron chi connectivity index (χ3n) is 7.76. The van der Waals surface area contributed by atoms with Gasteiger partial charge in [-0.1, -0.05) is 79.1 Å². The molecule has 0 radical (unpaired) electrons. The maximum absolute atomic E-state index is 12.5. The first kappa shape index (κ1) is 36.9. The molecule has 226 valence electrons. The Hall–Kier alpha value is -1.14. The minimum absolute atomic E-state index is 0.0304. The first-order valence-electron chi connectivity index (χ1n) is 16.2. The lowest BCUT2D eigenvalue weighted by Gasteiger charge is -2.30. The summed E-state index contributed by atoms with van der Waals surface area (Å²) in [5, 5.41) is 0. The molecule has 0 fully saturated rings. The van der Waals surface area contributed by atoms with Gasteiger partial charge in [-0.15, -0.1) is 0 Å². The molecule has 2 unspecified atom stereocenters. The number of carbonyl (C=O) groups is 2. The van der Waals surface area contributed by atoms with Gasteiger partial charge in [0, 0.05) is 18.4 Å². The molecule has 0 aromatic rings. The molecule has 6 heteroatoms. The van der Waals surface area contributed by atoms with E-state index >= 15 is 0 Å². The lowest BCUT2D eigenvalue weighted by molar-refractivity contribution is -0.150. The van der Waals surface area contributed by atoms with Gasteiger partial charge in [0.15, 0.2) is 0 Å². The summed E-state index contributed by atoms with van der Waals surface area (Å²) in [7, 11) is 0. The topological polar surface area (TPSA) is 105 Å². The molecule has 0 aliphatic rings. The van der Waals surface area contributed by atoms with Gasteiger partial charge in [0.25, 0.3) is 0 Å². The van der Waals surface area contributed by atoms with Crippen LogP contribution in [-0.2, 0) is 19.1 Å². The highest BCUT2D eigenvalue weighted by Crippen LogP contribution is 2.26. The Labute approximate surface area is 235 Å². The average molecular weight is 541 g/mol. The molecule has 38 heavy (non-hydrogen) atoms. The van der Waals surface area contributed by atoms with Crippen molar-refractivity contribution in [3.63, 3.8) is 0 Å². The van der Waals surface area contributed by atoms with Crippen molar-refractivity contribution in [2.45, 2.75) is 187 Å². The zero-order valence-electron chi connectivity index (χ0n) is 25.7. The van der Waals surface area contributed by atoms with Crippen LogP contribution in [0.2, 0.25) is 0 Å². The largest absolute Gasteiger partial charge is 0.462 e. The van der Waals surface area contributed by atoms with Crippen LogP contribution < -0.4 is 11.5 Å². The van der Waals surface area contributed by atoms with Gasteiger partial charge >= 0.3 is 11.9 Å². The highest BCUT2D eigenvalue weighted by molar-refractivity contribution is 5.69. The van der Waals surface area contributed by atoms with Crippen LogP contribution in [0.1, 0.15) is 169 Å². The van der Waals surface area contributed by atoms with Gasteiger partial charge in [-0.3, -0.25) is 9.59 Å². The summed E-state index contributed by atoms with van der Waals surface area (Å²) in [6, 6.07) is 0. The Balaban J connectivity index is 4.59. The quantitative estimate of drug-likeness (QED) is 0.0805. The summed E-state index contributed by atoms with van der Waals surface area (Å²) in [5.41, 5.74) is 12.2. The number of hydrogen-bond donors (Lipinski definition) is 2. The monoisotopic (exact) mass is 540 g/mol. The number of unbranched alkanes of at least 4 members (excludes halogenated alkanes) is 8. The van der Waals surface area contributed by atoms with Gasteiger partial charge < -0.3 is 20.9 Å². The number of rotatable bonds is 27. The van der Waals surface area contributed by atoms with Gasteiger partial charge in [-0.05, 0) is 83.6 Å². The molecule has 0 aromatic carbocycles. The molecule has 0 heterocycles. The Bertz CT molecular complexity index is 530. The van der Waals surface area contributed by atoms with E-state index in [1.54, 1.807) is 0 Å². The fourth-order valence-corrected chi connectivity index (χ4v) is 5.12. The second-order valence-electron chi connectivity index (χ2n) is 11.4. The van der Waals surface area contributed by atoms with E-state index in [9.17, 15) is 9.59 Å². The first-order valence-corrected chi connectivity index (χ1v) is 16.2. The lowest BCUT2D eigenvalue weighted by atomic mass is 9.83. The molecule has 0 aliphatic heterocycles. The van der Waals surface area contributed by atoms with E-state index in [1.165, 1.54) is 38.5 Å². The zero-order chi connectivity index (χ0) is 28.5. The number of esters is 2. The number of hydrogen-bond acceptors (Lipinski definition) is 6. The molecular weight excluding hydrogens is 476 g/mol. The summed E-state index contributed by atoms with van der Waals surface area (Å²) in [6.45, 7) is 9.28. The molecule has 0 spiro atoms. The van der Waals surface area contributed by atoms with Gasteiger partial charge in [0.2, 0.25) is 0 Å². The fourth-order valence-electron chi connectivity index (χ4n) is 5.12. The summed E-state index contributed by atoms with van der Waals surface area (Å²) >= 11 is 0. The van der Waals surface area contributed by atoms with Crippen LogP contribution in [0.4, 0.5) is 0 Å². The van der Waals surface area contributed by atoms with Gasteiger partial charge in [0.1, 0.15) is 12.2 Å². The Morgan fingerprint density at radius 2 is 1.03 bits per heavy atom. The summed E-state index contributed by atoms with van der Waals surface area (Å²) in [6.07, 6.45) is 21.0. The van der Waals surface area contributed by atoms with Crippen LogP contribution >= 0.6 is 0 Å². The normalized spacial score (nSPS) is 14.6. The van der Waals surface area contributed by atoms with Crippen molar-refractivity contribution >= 4 is 11.9 Å². The summed E-state index contributed by atoms with van der Waals surface area (Å²) in [5.74, 6) is -0.211. The van der Waals surface area contributed by atoms with Crippen LogP contribution in [0, 0.1) is 0 Å². The molecule has 6 nitrogen and oxygen atoms in total. The highest BCUT2D eigenvalue weighted by atomic mass is 16.5. The van der Waals surface area contributed by atoms with E-state index < -0.39 is 0 Å². The predicted octanol–water partition coefficient (Wildman–Crippen LogP) is 8.13. The minimum atomic E-state index is -0.371. The van der Waals surface area contributed by atoms with E-state index in [2.05, 4.69) is 27.7 Å². The van der Waals surface area contributed by atoms with E-state index in [0.29, 0.717) is 19.4 Å². The molecule has 0 bridgehead atoms. The molecule has 0 amide bonds. The van der Waals surface area contributed by atoms with Crippen molar-refractivity contribution in [1.29, 1.82) is 0 Å². The van der Waals surface area contributed by atoms with Crippen molar-refractivity contribution < 1.29 is 19.1 Å². The zero-order valence-corrected chi connectivity index (χ0v) is 25.7. The number of carbonyl (C=O) groups excluding carboxylic acids is 2. The van der Waals surface area contributed by atoms with Gasteiger partial charge in [-0.25, -0.2) is 0 Å². The third kappa shape index (κ3) is 20.8. The SMILES string of the molecule is CCCCCCC(CC)OC(=O)CCCC(N)(CCCCCN)CCCC(=O)OC(CC)CCCCCC. The predicted molar refractivity (Wildman–Crippen MR) is 160 cm³/mol. The van der Waals surface area contributed by atoms with E-state index in [0.717, 1.165) is 89.9 Å². The van der Waals surface area contributed by atoms with Gasteiger partial charge in [0.05, 0.1) is 0 Å². The molecule has 0 saturated heterocycles. The average Bonchev–Trinajstić information content (AvgIpc) is 2.90. The van der Waals surface area contributed by atoms with E-state index in [4.69, 9.17) is 20.9 Å². The molecule has 0 aliphatic carbocycles. The van der Waals surface area contributed by atoms with E-state index in [-0.39, 0.29) is 29.7 Å². The second-order valence-corrected chi connectivity index (χ2v) is 11.4. The molecule has 4 N–H and O–H groups in total. The van der Waals surface area contributed by atoms with Gasteiger partial charge in [-0.2, -0.15) is 0 Å². The molecule has 0 aromatic heterocycles. The van der Waals surface area contributed by atoms with Crippen LogP contribution in [0.5, 0.6) is 0 Å². The van der Waals surface area contributed by atoms with Crippen LogP contribution in [0.3, 0.4) is 0 Å². The number of nitrogens with two attached hydrogens (primary N) is 2. The lowest BCUT2D eigenvalue weighted by Crippen LogP contribution is -2.40. The third-order valence-corrected chi connectivity index (χ3v) is 7.76. The van der Waals surface area contributed by atoms with E-state index in [1.807, 2.05) is 0 Å². The van der Waals surface area contributed by atoms with Crippen LogP contribution in [-0.4, -0.2) is 36.2 Å².